The van der Waals surface area contributed by atoms with Crippen LogP contribution in [0.4, 0.5) is 0 Å². The zero-order chi connectivity index (χ0) is 26.4. The summed E-state index contributed by atoms with van der Waals surface area (Å²) >= 11 is 1.40. The van der Waals surface area contributed by atoms with E-state index in [2.05, 4.69) is 16.0 Å². The number of hydrogen-bond donors (Lipinski definition) is 7. The highest BCUT2D eigenvalue weighted by Crippen LogP contribution is 2.05. The number of hydrogen-bond acceptors (Lipinski definition) is 8. The zero-order valence-electron chi connectivity index (χ0n) is 19.4. The van der Waals surface area contributed by atoms with Gasteiger partial charge in [0.05, 0.1) is 12.6 Å². The van der Waals surface area contributed by atoms with Crippen molar-refractivity contribution in [2.75, 3.05) is 18.6 Å². The summed E-state index contributed by atoms with van der Waals surface area (Å²) in [6.07, 6.45) is 1.65. The number of carboxylic acids is 1. The average molecular weight is 512 g/mol. The number of primary amides is 1. The van der Waals surface area contributed by atoms with Crippen LogP contribution in [0.15, 0.2) is 30.3 Å². The summed E-state index contributed by atoms with van der Waals surface area (Å²) in [6, 6.07) is 4.01. The number of benzene rings is 1. The van der Waals surface area contributed by atoms with Gasteiger partial charge in [0.1, 0.15) is 18.1 Å². The fourth-order valence-electron chi connectivity index (χ4n) is 3.03. The number of carboxylic acid groups (broad SMARTS) is 1. The monoisotopic (exact) mass is 511 g/mol. The molecule has 4 atom stereocenters. The van der Waals surface area contributed by atoms with E-state index < -0.39 is 60.4 Å². The molecular formula is C22H33N5O7S. The molecule has 13 heteroatoms. The van der Waals surface area contributed by atoms with Gasteiger partial charge in [-0.1, -0.05) is 30.3 Å². The number of nitrogens with two attached hydrogens (primary N) is 2. The van der Waals surface area contributed by atoms with Crippen LogP contribution in [-0.4, -0.2) is 82.6 Å². The van der Waals surface area contributed by atoms with Gasteiger partial charge in [-0.25, -0.2) is 4.79 Å². The first-order chi connectivity index (χ1) is 16.6. The lowest BCUT2D eigenvalue weighted by molar-refractivity contribution is -0.142. The van der Waals surface area contributed by atoms with E-state index in [9.17, 15) is 34.2 Å². The fourth-order valence-corrected chi connectivity index (χ4v) is 3.50. The molecule has 0 saturated carbocycles. The number of nitrogens with one attached hydrogen (secondary N) is 3. The number of amides is 4. The van der Waals surface area contributed by atoms with E-state index in [1.165, 1.54) is 11.8 Å². The first-order valence-corrected chi connectivity index (χ1v) is 12.3. The molecule has 0 aliphatic rings. The van der Waals surface area contributed by atoms with E-state index in [-0.39, 0.29) is 25.7 Å². The molecule has 4 amide bonds. The van der Waals surface area contributed by atoms with Crippen LogP contribution >= 0.6 is 11.8 Å². The Morgan fingerprint density at radius 3 is 2.03 bits per heavy atom. The molecule has 1 rings (SSSR count). The number of carbonyl (C=O) groups excluding carboxylic acids is 4. The third-order valence-electron chi connectivity index (χ3n) is 4.99. The van der Waals surface area contributed by atoms with E-state index in [4.69, 9.17) is 11.5 Å². The van der Waals surface area contributed by atoms with Gasteiger partial charge in [-0.05, 0) is 36.8 Å². The Balaban J connectivity index is 2.84. The largest absolute Gasteiger partial charge is 0.480 e. The van der Waals surface area contributed by atoms with Crippen LogP contribution in [0.3, 0.4) is 0 Å². The van der Waals surface area contributed by atoms with E-state index in [1.54, 1.807) is 30.5 Å². The molecule has 0 aromatic heterocycles. The highest BCUT2D eigenvalue weighted by molar-refractivity contribution is 7.98. The van der Waals surface area contributed by atoms with Crippen LogP contribution in [0.5, 0.6) is 0 Å². The SMILES string of the molecule is CSCCC(NC(=O)C(CCC(N)=O)NC(=O)C(CO)NC(=O)C(N)Cc1ccccc1)C(=O)O. The quantitative estimate of drug-likeness (QED) is 0.132. The van der Waals surface area contributed by atoms with Gasteiger partial charge in [0.25, 0.3) is 0 Å². The van der Waals surface area contributed by atoms with Gasteiger partial charge in [0.2, 0.25) is 23.6 Å². The van der Waals surface area contributed by atoms with Crippen molar-refractivity contribution in [3.05, 3.63) is 35.9 Å². The lowest BCUT2D eigenvalue weighted by atomic mass is 10.1. The molecule has 0 radical (unpaired) electrons. The molecule has 35 heavy (non-hydrogen) atoms. The predicted octanol–water partition coefficient (Wildman–Crippen LogP) is -1.89. The van der Waals surface area contributed by atoms with Gasteiger partial charge in [-0.2, -0.15) is 11.8 Å². The highest BCUT2D eigenvalue weighted by Gasteiger charge is 2.30. The van der Waals surface area contributed by atoms with Crippen LogP contribution in [0, 0.1) is 0 Å². The summed E-state index contributed by atoms with van der Waals surface area (Å²) in [7, 11) is 0. The maximum absolute atomic E-state index is 12.7. The molecule has 1 aromatic rings. The summed E-state index contributed by atoms with van der Waals surface area (Å²) in [5, 5.41) is 26.0. The third kappa shape index (κ3) is 11.2. The zero-order valence-corrected chi connectivity index (χ0v) is 20.3. The standard InChI is InChI=1S/C22H33N5O7S/c1-35-10-9-16(22(33)34)26-20(31)15(7-8-18(24)29)25-21(32)17(12-28)27-19(30)14(23)11-13-5-3-2-4-6-13/h2-6,14-17,28H,7-12,23H2,1H3,(H2,24,29)(H,25,32)(H,26,31)(H,27,30)(H,33,34). The van der Waals surface area contributed by atoms with E-state index in [0.717, 1.165) is 5.56 Å². The Kier molecular flexibility index (Phi) is 13.4. The molecule has 12 nitrogen and oxygen atoms in total. The maximum Gasteiger partial charge on any atom is 0.326 e. The minimum atomic E-state index is -1.43. The Hall–Kier alpha value is -3.16. The van der Waals surface area contributed by atoms with Crippen molar-refractivity contribution in [3.63, 3.8) is 0 Å². The normalized spacial score (nSPS) is 14.1. The molecule has 0 aliphatic carbocycles. The van der Waals surface area contributed by atoms with Crippen molar-refractivity contribution in [3.8, 4) is 0 Å². The maximum atomic E-state index is 12.7. The molecule has 0 fully saturated rings. The van der Waals surface area contributed by atoms with Gasteiger partial charge in [-0.15, -0.1) is 0 Å². The number of aliphatic carboxylic acids is 1. The molecule has 9 N–H and O–H groups in total. The lowest BCUT2D eigenvalue weighted by Crippen LogP contribution is -2.58. The lowest BCUT2D eigenvalue weighted by Gasteiger charge is -2.24. The van der Waals surface area contributed by atoms with Crippen molar-refractivity contribution in [2.45, 2.75) is 49.9 Å². The second kappa shape index (κ2) is 15.7. The number of thioether (sulfide) groups is 1. The van der Waals surface area contributed by atoms with Gasteiger partial charge in [0, 0.05) is 6.42 Å². The molecule has 4 unspecified atom stereocenters. The average Bonchev–Trinajstić information content (AvgIpc) is 2.82. The molecule has 0 saturated heterocycles. The minimum absolute atomic E-state index is 0.146. The van der Waals surface area contributed by atoms with E-state index in [1.807, 2.05) is 6.07 Å². The van der Waals surface area contributed by atoms with Crippen molar-refractivity contribution < 1.29 is 34.2 Å². The van der Waals surface area contributed by atoms with Gasteiger partial charge in [-0.3, -0.25) is 19.2 Å². The highest BCUT2D eigenvalue weighted by atomic mass is 32.2. The third-order valence-corrected chi connectivity index (χ3v) is 5.63. The number of aliphatic hydroxyl groups excluding tert-OH is 1. The predicted molar refractivity (Wildman–Crippen MR) is 130 cm³/mol. The van der Waals surface area contributed by atoms with Gasteiger partial charge >= 0.3 is 5.97 Å². The number of rotatable bonds is 16. The molecule has 1 aromatic carbocycles. The summed E-state index contributed by atoms with van der Waals surface area (Å²) in [6.45, 7) is -0.786. The first-order valence-electron chi connectivity index (χ1n) is 10.9. The van der Waals surface area contributed by atoms with Crippen molar-refractivity contribution in [2.24, 2.45) is 11.5 Å². The molecule has 0 spiro atoms. The Morgan fingerprint density at radius 2 is 1.49 bits per heavy atom. The molecule has 0 aliphatic heterocycles. The first kappa shape index (κ1) is 29.9. The second-order valence-corrected chi connectivity index (χ2v) is 8.77. The Bertz CT molecular complexity index is 871. The molecular weight excluding hydrogens is 478 g/mol. The van der Waals surface area contributed by atoms with Crippen LogP contribution in [0.2, 0.25) is 0 Å². The minimum Gasteiger partial charge on any atom is -0.480 e. The Morgan fingerprint density at radius 1 is 0.914 bits per heavy atom. The van der Waals surface area contributed by atoms with Crippen molar-refractivity contribution >= 4 is 41.4 Å². The Labute approximate surface area is 207 Å². The van der Waals surface area contributed by atoms with Gasteiger partial charge < -0.3 is 37.6 Å². The van der Waals surface area contributed by atoms with Gasteiger partial charge in [0.15, 0.2) is 0 Å². The van der Waals surface area contributed by atoms with Crippen molar-refractivity contribution in [1.82, 2.24) is 16.0 Å². The summed E-state index contributed by atoms with van der Waals surface area (Å²) in [5.74, 6) is -3.94. The topological polar surface area (TPSA) is 214 Å². The molecule has 0 bridgehead atoms. The fraction of sp³-hybridized carbons (Fsp3) is 0.500. The second-order valence-electron chi connectivity index (χ2n) is 7.79. The van der Waals surface area contributed by atoms with E-state index >= 15 is 0 Å². The van der Waals surface area contributed by atoms with Crippen molar-refractivity contribution in [1.29, 1.82) is 0 Å². The summed E-state index contributed by atoms with van der Waals surface area (Å²) < 4.78 is 0. The van der Waals surface area contributed by atoms with Crippen LogP contribution in [0.1, 0.15) is 24.8 Å². The molecule has 0 heterocycles. The van der Waals surface area contributed by atoms with Crippen LogP contribution in [-0.2, 0) is 30.4 Å². The van der Waals surface area contributed by atoms with Crippen LogP contribution in [0.25, 0.3) is 0 Å². The molecule has 194 valence electrons. The summed E-state index contributed by atoms with van der Waals surface area (Å²) in [5.41, 5.74) is 11.9. The van der Waals surface area contributed by atoms with E-state index in [0.29, 0.717) is 5.75 Å². The number of aliphatic hydroxyl groups is 1. The number of carbonyl (C=O) groups is 5. The summed E-state index contributed by atoms with van der Waals surface area (Å²) in [4.78, 5) is 60.5. The van der Waals surface area contributed by atoms with Crippen LogP contribution < -0.4 is 27.4 Å². The smallest absolute Gasteiger partial charge is 0.326 e.